The maximum absolute atomic E-state index is 12.5. The van der Waals surface area contributed by atoms with Crippen molar-refractivity contribution in [2.45, 2.75) is 32.3 Å². The quantitative estimate of drug-likeness (QED) is 0.481. The molecule has 30 heavy (non-hydrogen) atoms. The Labute approximate surface area is 178 Å². The first-order valence-electron chi connectivity index (χ1n) is 9.19. The van der Waals surface area contributed by atoms with E-state index in [0.717, 1.165) is 12.7 Å². The van der Waals surface area contributed by atoms with Crippen molar-refractivity contribution in [2.75, 3.05) is 22.4 Å². The maximum atomic E-state index is 12.5. The Bertz CT molecular complexity index is 1060. The number of carbonyl (C=O) groups excluding carboxylic acids is 3. The highest BCUT2D eigenvalue weighted by Gasteiger charge is 2.25. The first-order valence-corrected chi connectivity index (χ1v) is 12.0. The van der Waals surface area contributed by atoms with Gasteiger partial charge in [-0.2, -0.15) is 0 Å². The van der Waals surface area contributed by atoms with Gasteiger partial charge >= 0.3 is 5.97 Å². The SMILES string of the molecule is C[C@H](OC(=O)Cc1csc(N2CCCC2=O)n1)C(=O)c1ccc(NS(C)(=O)=O)cc1. The predicted molar refractivity (Wildman–Crippen MR) is 112 cm³/mol. The van der Waals surface area contributed by atoms with E-state index in [4.69, 9.17) is 4.74 Å². The van der Waals surface area contributed by atoms with Crippen LogP contribution >= 0.6 is 11.3 Å². The topological polar surface area (TPSA) is 123 Å². The number of nitrogens with one attached hydrogen (secondary N) is 1. The molecule has 1 saturated heterocycles. The van der Waals surface area contributed by atoms with Crippen LogP contribution in [0.1, 0.15) is 35.8 Å². The Morgan fingerprint density at radius 3 is 2.60 bits per heavy atom. The number of amides is 1. The predicted octanol–water partition coefficient (Wildman–Crippen LogP) is 2.00. The van der Waals surface area contributed by atoms with Crippen LogP contribution in [0.3, 0.4) is 0 Å². The molecule has 0 radical (unpaired) electrons. The largest absolute Gasteiger partial charge is 0.454 e. The molecule has 11 heteroatoms. The number of aromatic nitrogens is 1. The van der Waals surface area contributed by atoms with Gasteiger partial charge in [-0.15, -0.1) is 11.3 Å². The average molecular weight is 452 g/mol. The van der Waals surface area contributed by atoms with Gasteiger partial charge in [0.15, 0.2) is 11.2 Å². The minimum atomic E-state index is -3.41. The summed E-state index contributed by atoms with van der Waals surface area (Å²) in [5.74, 6) is -0.984. The number of hydrogen-bond donors (Lipinski definition) is 1. The third-order valence-electron chi connectivity index (χ3n) is 4.32. The maximum Gasteiger partial charge on any atom is 0.312 e. The monoisotopic (exact) mass is 451 g/mol. The third kappa shape index (κ3) is 5.63. The molecule has 0 spiro atoms. The number of ketones is 1. The van der Waals surface area contributed by atoms with Crippen LogP contribution in [0.5, 0.6) is 0 Å². The molecular formula is C19H21N3O6S2. The highest BCUT2D eigenvalue weighted by Crippen LogP contribution is 2.25. The van der Waals surface area contributed by atoms with Gasteiger partial charge in [0, 0.05) is 29.6 Å². The number of anilines is 2. The lowest BCUT2D eigenvalue weighted by Gasteiger charge is -2.13. The smallest absolute Gasteiger partial charge is 0.312 e. The van der Waals surface area contributed by atoms with Crippen LogP contribution in [0.25, 0.3) is 0 Å². The number of thiazole rings is 1. The van der Waals surface area contributed by atoms with E-state index in [9.17, 15) is 22.8 Å². The van der Waals surface area contributed by atoms with Gasteiger partial charge in [0.05, 0.1) is 18.4 Å². The second-order valence-corrected chi connectivity index (χ2v) is 9.48. The van der Waals surface area contributed by atoms with Crippen molar-refractivity contribution in [1.29, 1.82) is 0 Å². The van der Waals surface area contributed by atoms with Crippen LogP contribution in [0.15, 0.2) is 29.6 Å². The number of hydrogen-bond acceptors (Lipinski definition) is 8. The summed E-state index contributed by atoms with van der Waals surface area (Å²) >= 11 is 1.29. The number of ether oxygens (including phenoxy) is 1. The molecule has 0 aliphatic carbocycles. The van der Waals surface area contributed by atoms with Crippen LogP contribution in [0.4, 0.5) is 10.8 Å². The molecule has 160 valence electrons. The van der Waals surface area contributed by atoms with Gasteiger partial charge in [0.1, 0.15) is 0 Å². The lowest BCUT2D eigenvalue weighted by atomic mass is 10.1. The van der Waals surface area contributed by atoms with E-state index in [1.165, 1.54) is 42.5 Å². The van der Waals surface area contributed by atoms with Crippen molar-refractivity contribution in [3.05, 3.63) is 40.9 Å². The highest BCUT2D eigenvalue weighted by atomic mass is 32.2. The van der Waals surface area contributed by atoms with Crippen molar-refractivity contribution in [1.82, 2.24) is 4.98 Å². The standard InChI is InChI=1S/C19H21N3O6S2/c1-12(18(25)13-5-7-14(8-6-13)21-30(2,26)27)28-17(24)10-15-11-29-19(20-15)22-9-3-4-16(22)23/h5-8,11-12,21H,3-4,9-10H2,1-2H3/t12-/m0/s1. The number of esters is 1. The van der Waals surface area contributed by atoms with Crippen molar-refractivity contribution in [2.24, 2.45) is 0 Å². The summed E-state index contributed by atoms with van der Waals surface area (Å²) in [7, 11) is -3.41. The van der Waals surface area contributed by atoms with Crippen LogP contribution < -0.4 is 9.62 Å². The van der Waals surface area contributed by atoms with Gasteiger partial charge in [0.25, 0.3) is 0 Å². The van der Waals surface area contributed by atoms with E-state index in [0.29, 0.717) is 29.5 Å². The third-order valence-corrected chi connectivity index (χ3v) is 5.84. The molecule has 1 aromatic heterocycles. The average Bonchev–Trinajstić information content (AvgIpc) is 3.28. The zero-order chi connectivity index (χ0) is 21.9. The van der Waals surface area contributed by atoms with Crippen molar-refractivity contribution in [3.63, 3.8) is 0 Å². The van der Waals surface area contributed by atoms with Crippen molar-refractivity contribution >= 4 is 49.8 Å². The van der Waals surface area contributed by atoms with Crippen LogP contribution in [-0.2, 0) is 30.8 Å². The van der Waals surface area contributed by atoms with E-state index < -0.39 is 27.9 Å². The Hall–Kier alpha value is -2.79. The summed E-state index contributed by atoms with van der Waals surface area (Å²) < 4.78 is 30.0. The van der Waals surface area contributed by atoms with Gasteiger partial charge in [0.2, 0.25) is 21.7 Å². The molecule has 2 heterocycles. The molecule has 1 amide bonds. The Morgan fingerprint density at radius 2 is 2.00 bits per heavy atom. The van der Waals surface area contributed by atoms with Gasteiger partial charge in [-0.1, -0.05) is 0 Å². The second kappa shape index (κ2) is 8.92. The van der Waals surface area contributed by atoms with Gasteiger partial charge in [-0.05, 0) is 37.6 Å². The van der Waals surface area contributed by atoms with Gasteiger partial charge in [-0.3, -0.25) is 24.0 Å². The number of sulfonamides is 1. The molecule has 2 aromatic rings. The van der Waals surface area contributed by atoms with Crippen LogP contribution in [0.2, 0.25) is 0 Å². The molecule has 1 N–H and O–H groups in total. The summed E-state index contributed by atoms with van der Waals surface area (Å²) in [5.41, 5.74) is 1.10. The summed E-state index contributed by atoms with van der Waals surface area (Å²) in [6.45, 7) is 2.10. The lowest BCUT2D eigenvalue weighted by molar-refractivity contribution is -0.145. The molecule has 0 saturated carbocycles. The first-order chi connectivity index (χ1) is 14.1. The normalized spacial score (nSPS) is 15.1. The summed E-state index contributed by atoms with van der Waals surface area (Å²) in [4.78, 5) is 42.4. The van der Waals surface area contributed by atoms with Gasteiger partial charge in [-0.25, -0.2) is 13.4 Å². The molecule has 3 rings (SSSR count). The fourth-order valence-electron chi connectivity index (χ4n) is 2.94. The Balaban J connectivity index is 1.55. The number of Topliss-reactive ketones (excluding diaryl/α,β-unsaturated/α-hetero) is 1. The fourth-order valence-corrected chi connectivity index (χ4v) is 4.38. The second-order valence-electron chi connectivity index (χ2n) is 6.90. The van der Waals surface area contributed by atoms with Crippen molar-refractivity contribution < 1.29 is 27.5 Å². The van der Waals surface area contributed by atoms with E-state index in [1.54, 1.807) is 10.3 Å². The zero-order valence-electron chi connectivity index (χ0n) is 16.5. The molecule has 1 aromatic carbocycles. The van der Waals surface area contributed by atoms with E-state index >= 15 is 0 Å². The van der Waals surface area contributed by atoms with Crippen molar-refractivity contribution in [3.8, 4) is 0 Å². The van der Waals surface area contributed by atoms with E-state index in [-0.39, 0.29) is 17.9 Å². The van der Waals surface area contributed by atoms with E-state index in [2.05, 4.69) is 9.71 Å². The number of carbonyl (C=O) groups is 3. The molecule has 1 aliphatic rings. The number of rotatable bonds is 8. The minimum absolute atomic E-state index is 0.0236. The Morgan fingerprint density at radius 1 is 1.30 bits per heavy atom. The Kier molecular flexibility index (Phi) is 6.52. The number of benzene rings is 1. The summed E-state index contributed by atoms with van der Waals surface area (Å²) in [6, 6.07) is 5.83. The van der Waals surface area contributed by atoms with Gasteiger partial charge < -0.3 is 4.74 Å². The summed E-state index contributed by atoms with van der Waals surface area (Å²) in [5, 5.41) is 2.26. The zero-order valence-corrected chi connectivity index (χ0v) is 18.1. The van der Waals surface area contributed by atoms with E-state index in [1.807, 2.05) is 0 Å². The van der Waals surface area contributed by atoms with Crippen LogP contribution in [0, 0.1) is 0 Å². The molecule has 1 aliphatic heterocycles. The fraction of sp³-hybridized carbons (Fsp3) is 0.368. The molecule has 1 atom stereocenters. The molecule has 0 unspecified atom stereocenters. The van der Waals surface area contributed by atoms with Crippen LogP contribution in [-0.4, -0.2) is 50.0 Å². The lowest BCUT2D eigenvalue weighted by Crippen LogP contribution is -2.25. The molecule has 9 nitrogen and oxygen atoms in total. The minimum Gasteiger partial charge on any atom is -0.454 e. The molecule has 0 bridgehead atoms. The summed E-state index contributed by atoms with van der Waals surface area (Å²) in [6.07, 6.45) is 1.21. The first kappa shape index (κ1) is 21.9. The molecule has 1 fully saturated rings. The highest BCUT2D eigenvalue weighted by molar-refractivity contribution is 7.92. The number of nitrogens with zero attached hydrogens (tertiary/aromatic N) is 2. The molecular weight excluding hydrogens is 430 g/mol.